The summed E-state index contributed by atoms with van der Waals surface area (Å²) in [6.07, 6.45) is -5.34. The molecule has 0 aromatic carbocycles. The number of Topliss-reactive ketones (excluding diaryl/α,β-unsaturated/α-hetero) is 2. The van der Waals surface area contributed by atoms with Crippen LogP contribution in [-0.4, -0.2) is 92.6 Å². The van der Waals surface area contributed by atoms with Crippen LogP contribution >= 0.6 is 0 Å². The highest BCUT2D eigenvalue weighted by molar-refractivity contribution is 5.98. The van der Waals surface area contributed by atoms with Crippen LogP contribution in [0.4, 0.5) is 0 Å². The molecule has 0 spiro atoms. The molecule has 0 radical (unpaired) electrons. The van der Waals surface area contributed by atoms with E-state index in [2.05, 4.69) is 0 Å². The van der Waals surface area contributed by atoms with Crippen molar-refractivity contribution in [1.82, 2.24) is 0 Å². The van der Waals surface area contributed by atoms with Gasteiger partial charge in [0.1, 0.15) is 41.9 Å². The van der Waals surface area contributed by atoms with Crippen molar-refractivity contribution in [2.24, 2.45) is 51.8 Å². The summed E-state index contributed by atoms with van der Waals surface area (Å²) in [5.41, 5.74) is -7.98. The molecular weight excluding hydrogens is 576 g/mol. The molecule has 2 heterocycles. The number of ketones is 2. The largest absolute Gasteiger partial charge is 0.462 e. The number of aliphatic hydroxyl groups excluding tert-OH is 1. The van der Waals surface area contributed by atoms with E-state index in [1.54, 1.807) is 13.8 Å². The Balaban J connectivity index is 1.44. The fraction of sp³-hybridized carbons (Fsp3) is 0.844. The lowest BCUT2D eigenvalue weighted by Crippen LogP contribution is -2.77. The predicted molar refractivity (Wildman–Crippen MR) is 146 cm³/mol. The van der Waals surface area contributed by atoms with Gasteiger partial charge in [-0.05, 0) is 37.5 Å². The third-order valence-corrected chi connectivity index (χ3v) is 13.9. The summed E-state index contributed by atoms with van der Waals surface area (Å²) >= 11 is 0. The monoisotopic (exact) mass is 618 g/mol. The van der Waals surface area contributed by atoms with Crippen LogP contribution in [0.1, 0.15) is 67.7 Å². The Morgan fingerprint density at radius 2 is 1.55 bits per heavy atom. The smallest absolute Gasteiger partial charge is 0.338 e. The Morgan fingerprint density at radius 1 is 0.909 bits per heavy atom. The van der Waals surface area contributed by atoms with Crippen LogP contribution in [0.5, 0.6) is 0 Å². The van der Waals surface area contributed by atoms with Gasteiger partial charge in [0.05, 0.1) is 11.5 Å². The number of carbonyl (C=O) groups excluding carboxylic acids is 5. The maximum absolute atomic E-state index is 15.1. The Bertz CT molecular complexity index is 1390. The fourth-order valence-corrected chi connectivity index (χ4v) is 11.7. The second kappa shape index (κ2) is 8.68. The minimum atomic E-state index is -2.05. The molecule has 7 rings (SSSR count). The lowest BCUT2D eigenvalue weighted by molar-refractivity contribution is -0.274. The normalized spacial score (nSPS) is 58.4. The lowest BCUT2D eigenvalue weighted by Gasteiger charge is -2.65. The molecule has 5 aliphatic carbocycles. The van der Waals surface area contributed by atoms with E-state index in [0.29, 0.717) is 6.42 Å². The summed E-state index contributed by atoms with van der Waals surface area (Å²) in [5, 5.41) is 35.5. The van der Waals surface area contributed by atoms with Crippen LogP contribution in [0.3, 0.4) is 0 Å². The molecule has 0 amide bonds. The fourth-order valence-electron chi connectivity index (χ4n) is 11.7. The van der Waals surface area contributed by atoms with E-state index >= 15 is 4.79 Å². The standard InChI is InChI=1S/C32H42O12/c1-11-8-17-30(6,31(7,39)27(38)44-17)21-19(11)28(4)16(41-12(2)33)9-14-18(20(28)23(21)36)22(35)25(37)32(40)10-15-24(43-15)26(29(14,32)5)42-13(3)34/h11,14-21,24-26,37,39-40H,8-10H2,1-7H3/t11-,14+,15+,16+,17+,18-,19+,20-,21-,24+,25+,26+,28+,29+,30+,31-,32+/m1/s1. The number of esters is 3. The van der Waals surface area contributed by atoms with Crippen molar-refractivity contribution >= 4 is 29.5 Å². The quantitative estimate of drug-likeness (QED) is 0.221. The third kappa shape index (κ3) is 3.16. The van der Waals surface area contributed by atoms with Crippen molar-refractivity contribution in [3.63, 3.8) is 0 Å². The highest BCUT2D eigenvalue weighted by atomic mass is 16.6. The number of aliphatic hydroxyl groups is 3. The van der Waals surface area contributed by atoms with Crippen LogP contribution in [-0.2, 0) is 42.9 Å². The minimum absolute atomic E-state index is 0.0544. The van der Waals surface area contributed by atoms with E-state index in [1.807, 2.05) is 13.8 Å². The van der Waals surface area contributed by atoms with E-state index in [-0.39, 0.29) is 24.5 Å². The van der Waals surface area contributed by atoms with Gasteiger partial charge in [-0.25, -0.2) is 4.79 Å². The summed E-state index contributed by atoms with van der Waals surface area (Å²) in [6, 6.07) is 0. The summed E-state index contributed by atoms with van der Waals surface area (Å²) in [6.45, 7) is 11.0. The highest BCUT2D eigenvalue weighted by Gasteiger charge is 2.84. The third-order valence-electron chi connectivity index (χ3n) is 13.9. The first kappa shape index (κ1) is 30.3. The van der Waals surface area contributed by atoms with E-state index < -0.39 is 117 Å². The van der Waals surface area contributed by atoms with Gasteiger partial charge in [-0.2, -0.15) is 0 Å². The zero-order chi connectivity index (χ0) is 32.3. The predicted octanol–water partition coefficient (Wildman–Crippen LogP) is 0.498. The first-order chi connectivity index (χ1) is 20.3. The number of ether oxygens (including phenoxy) is 4. The Hall–Kier alpha value is -2.41. The van der Waals surface area contributed by atoms with Gasteiger partial charge in [-0.3, -0.25) is 19.2 Å². The van der Waals surface area contributed by atoms with Crippen molar-refractivity contribution in [3.8, 4) is 0 Å². The molecule has 2 saturated heterocycles. The van der Waals surface area contributed by atoms with Gasteiger partial charge in [0.2, 0.25) is 0 Å². The Labute approximate surface area is 255 Å². The average molecular weight is 619 g/mol. The molecule has 3 N–H and O–H groups in total. The van der Waals surface area contributed by atoms with Gasteiger partial charge in [-0.15, -0.1) is 0 Å². The van der Waals surface area contributed by atoms with Gasteiger partial charge in [0.15, 0.2) is 11.4 Å². The van der Waals surface area contributed by atoms with Gasteiger partial charge in [0.25, 0.3) is 0 Å². The second-order valence-corrected chi connectivity index (χ2v) is 15.6. The molecule has 7 fully saturated rings. The van der Waals surface area contributed by atoms with Gasteiger partial charge in [0, 0.05) is 48.9 Å². The lowest BCUT2D eigenvalue weighted by atomic mass is 9.40. The van der Waals surface area contributed by atoms with Crippen LogP contribution in [0.2, 0.25) is 0 Å². The molecule has 0 unspecified atom stereocenters. The first-order valence-electron chi connectivity index (χ1n) is 15.7. The molecule has 7 aliphatic rings. The van der Waals surface area contributed by atoms with E-state index in [0.717, 1.165) is 0 Å². The van der Waals surface area contributed by atoms with Crippen molar-refractivity contribution in [2.45, 2.75) is 116 Å². The Kier molecular flexibility index (Phi) is 5.97. The van der Waals surface area contributed by atoms with Crippen LogP contribution < -0.4 is 0 Å². The number of rotatable bonds is 2. The van der Waals surface area contributed by atoms with Crippen molar-refractivity contribution in [2.75, 3.05) is 0 Å². The van der Waals surface area contributed by atoms with E-state index in [1.165, 1.54) is 20.8 Å². The molecule has 12 nitrogen and oxygen atoms in total. The van der Waals surface area contributed by atoms with Crippen LogP contribution in [0.25, 0.3) is 0 Å². The Morgan fingerprint density at radius 3 is 2.16 bits per heavy atom. The van der Waals surface area contributed by atoms with E-state index in [4.69, 9.17) is 18.9 Å². The number of hydrogen-bond acceptors (Lipinski definition) is 12. The summed E-state index contributed by atoms with van der Waals surface area (Å²) in [7, 11) is 0. The molecule has 0 aromatic rings. The van der Waals surface area contributed by atoms with Gasteiger partial charge >= 0.3 is 17.9 Å². The molecule has 0 aromatic heterocycles. The summed E-state index contributed by atoms with van der Waals surface area (Å²) in [4.78, 5) is 67.5. The molecule has 2 aliphatic heterocycles. The van der Waals surface area contributed by atoms with Gasteiger partial charge < -0.3 is 34.3 Å². The molecular formula is C32H42O12. The zero-order valence-electron chi connectivity index (χ0n) is 26.1. The second-order valence-electron chi connectivity index (χ2n) is 15.6. The molecule has 12 heteroatoms. The number of fused-ring (bicyclic) bond motifs is 10. The molecule has 0 bridgehead atoms. The van der Waals surface area contributed by atoms with Crippen molar-refractivity contribution in [1.29, 1.82) is 0 Å². The molecule has 242 valence electrons. The molecule has 17 atom stereocenters. The summed E-state index contributed by atoms with van der Waals surface area (Å²) in [5.74, 6) is -7.84. The van der Waals surface area contributed by atoms with Gasteiger partial charge in [-0.1, -0.05) is 27.7 Å². The van der Waals surface area contributed by atoms with E-state index in [9.17, 15) is 34.5 Å². The zero-order valence-corrected chi connectivity index (χ0v) is 26.1. The average Bonchev–Trinajstić information content (AvgIpc) is 3.59. The first-order valence-corrected chi connectivity index (χ1v) is 15.7. The topological polar surface area (TPSA) is 186 Å². The maximum atomic E-state index is 15.1. The van der Waals surface area contributed by atoms with Crippen molar-refractivity contribution in [3.05, 3.63) is 0 Å². The number of hydrogen-bond donors (Lipinski definition) is 3. The van der Waals surface area contributed by atoms with Crippen LogP contribution in [0, 0.1) is 51.8 Å². The van der Waals surface area contributed by atoms with Crippen LogP contribution in [0.15, 0.2) is 0 Å². The highest BCUT2D eigenvalue weighted by Crippen LogP contribution is 2.74. The minimum Gasteiger partial charge on any atom is -0.462 e. The number of epoxide rings is 1. The molecule has 44 heavy (non-hydrogen) atoms. The molecule has 5 saturated carbocycles. The maximum Gasteiger partial charge on any atom is 0.338 e. The SMILES string of the molecule is CC(=O)O[C@H]1C[C@H]2[C@@H](C(=O)[C@H](O)[C@@]3(O)C[C@@H]4O[C@@H]4[C@H](OC(C)=O)[C@]23C)[C@@H]2C(=O)[C@H]3[C@H]([C@H](C)C[C@@H]4OC(=O)[C@@](C)(O)[C@@]43C)[C@]12C. The summed E-state index contributed by atoms with van der Waals surface area (Å²) < 4.78 is 23.3. The number of carbonyl (C=O) groups is 5. The van der Waals surface area contributed by atoms with Crippen molar-refractivity contribution < 1.29 is 58.2 Å².